The average Bonchev–Trinajstić information content (AvgIpc) is 3.13. The maximum absolute atomic E-state index is 14.3. The molecule has 0 spiro atoms. The number of hydrogen-bond donors (Lipinski definition) is 3. The highest BCUT2D eigenvalue weighted by atomic mass is 35.5. The number of anilines is 2. The third-order valence-electron chi connectivity index (χ3n) is 3.91. The van der Waals surface area contributed by atoms with E-state index in [0.29, 0.717) is 0 Å². The van der Waals surface area contributed by atoms with Crippen LogP contribution < -0.4 is 21.5 Å². The van der Waals surface area contributed by atoms with Gasteiger partial charge >= 0.3 is 0 Å². The van der Waals surface area contributed by atoms with Crippen molar-refractivity contribution in [3.63, 3.8) is 0 Å². The standard InChI is InChI=1S/C18H15ClF3N5O2S/c19-5-8(6-23)29-18-13(7-25-30-18)26-17(28)16-12(24)4-11(22)15(27-16)14-9(20)2-1-3-10(14)21/h1-4,7-8H,5-6,23-24H2,(H,26,28). The summed E-state index contributed by atoms with van der Waals surface area (Å²) in [7, 11) is 0. The van der Waals surface area contributed by atoms with Gasteiger partial charge in [0.1, 0.15) is 29.1 Å². The number of nitrogen functional groups attached to an aromatic ring is 1. The van der Waals surface area contributed by atoms with Crippen molar-refractivity contribution in [2.75, 3.05) is 23.5 Å². The number of nitrogens with two attached hydrogens (primary N) is 2. The maximum atomic E-state index is 14.3. The summed E-state index contributed by atoms with van der Waals surface area (Å²) >= 11 is 6.69. The first-order valence-corrected chi connectivity index (χ1v) is 9.75. The summed E-state index contributed by atoms with van der Waals surface area (Å²) in [5, 5.41) is 2.71. The van der Waals surface area contributed by atoms with Crippen molar-refractivity contribution in [2.24, 2.45) is 5.73 Å². The van der Waals surface area contributed by atoms with Crippen LogP contribution in [0.3, 0.4) is 0 Å². The van der Waals surface area contributed by atoms with Crippen molar-refractivity contribution in [3.05, 3.63) is 53.6 Å². The Kier molecular flexibility index (Phi) is 6.75. The Hall–Kier alpha value is -2.89. The van der Waals surface area contributed by atoms with Crippen LogP contribution in [0.2, 0.25) is 0 Å². The lowest BCUT2D eigenvalue weighted by Gasteiger charge is -2.14. The van der Waals surface area contributed by atoms with Crippen LogP contribution in [0.25, 0.3) is 11.3 Å². The Morgan fingerprint density at radius 1 is 1.27 bits per heavy atom. The number of nitrogens with one attached hydrogen (secondary N) is 1. The zero-order chi connectivity index (χ0) is 21.8. The van der Waals surface area contributed by atoms with Crippen LogP contribution in [0.15, 0.2) is 30.5 Å². The van der Waals surface area contributed by atoms with E-state index < -0.39 is 46.4 Å². The lowest BCUT2D eigenvalue weighted by molar-refractivity contribution is 0.102. The van der Waals surface area contributed by atoms with E-state index in [0.717, 1.165) is 35.8 Å². The number of pyridine rings is 1. The Morgan fingerprint density at radius 2 is 1.97 bits per heavy atom. The van der Waals surface area contributed by atoms with Crippen LogP contribution >= 0.6 is 23.1 Å². The lowest BCUT2D eigenvalue weighted by atomic mass is 10.1. The van der Waals surface area contributed by atoms with Crippen LogP contribution in [-0.2, 0) is 0 Å². The molecule has 1 aromatic carbocycles. The van der Waals surface area contributed by atoms with Gasteiger partial charge in [0.2, 0.25) is 5.06 Å². The van der Waals surface area contributed by atoms with Crippen molar-refractivity contribution in [3.8, 4) is 16.3 Å². The van der Waals surface area contributed by atoms with E-state index in [1.807, 2.05) is 0 Å². The lowest BCUT2D eigenvalue weighted by Crippen LogP contribution is -2.28. The van der Waals surface area contributed by atoms with Crippen molar-refractivity contribution in [1.82, 2.24) is 9.36 Å². The molecule has 1 atom stereocenters. The van der Waals surface area contributed by atoms with Gasteiger partial charge in [-0.3, -0.25) is 4.79 Å². The minimum absolute atomic E-state index is 0.117. The second-order valence-corrected chi connectivity index (χ2v) is 7.04. The fourth-order valence-electron chi connectivity index (χ4n) is 2.46. The van der Waals surface area contributed by atoms with E-state index >= 15 is 0 Å². The van der Waals surface area contributed by atoms with Gasteiger partial charge in [0.05, 0.1) is 23.3 Å². The van der Waals surface area contributed by atoms with Gasteiger partial charge in [0, 0.05) is 24.1 Å². The molecular weight excluding hydrogens is 443 g/mol. The van der Waals surface area contributed by atoms with Crippen molar-refractivity contribution < 1.29 is 22.7 Å². The van der Waals surface area contributed by atoms with Crippen LogP contribution in [-0.4, -0.2) is 33.8 Å². The SMILES string of the molecule is NCC(CCl)Oc1sncc1NC(=O)c1nc(-c2c(F)cccc2F)c(F)cc1N. The second-order valence-electron chi connectivity index (χ2n) is 5.96. The summed E-state index contributed by atoms with van der Waals surface area (Å²) in [6.45, 7) is 0.138. The second kappa shape index (κ2) is 9.28. The molecule has 12 heteroatoms. The van der Waals surface area contributed by atoms with Gasteiger partial charge in [-0.1, -0.05) is 6.07 Å². The maximum Gasteiger partial charge on any atom is 0.276 e. The van der Waals surface area contributed by atoms with Crippen molar-refractivity contribution in [1.29, 1.82) is 0 Å². The molecule has 30 heavy (non-hydrogen) atoms. The topological polar surface area (TPSA) is 116 Å². The van der Waals surface area contributed by atoms with E-state index in [9.17, 15) is 18.0 Å². The summed E-state index contributed by atoms with van der Waals surface area (Å²) in [6, 6.07) is 3.78. The molecule has 0 fully saturated rings. The molecule has 0 radical (unpaired) electrons. The van der Waals surface area contributed by atoms with Crippen molar-refractivity contribution >= 4 is 40.4 Å². The minimum Gasteiger partial charge on any atom is -0.475 e. The first kappa shape index (κ1) is 21.8. The number of aromatic nitrogens is 2. The quantitative estimate of drug-likeness (QED) is 0.468. The smallest absolute Gasteiger partial charge is 0.276 e. The summed E-state index contributed by atoms with van der Waals surface area (Å²) in [6.07, 6.45) is 0.809. The summed E-state index contributed by atoms with van der Waals surface area (Å²) in [4.78, 5) is 16.5. The van der Waals surface area contributed by atoms with Gasteiger partial charge in [0.15, 0.2) is 11.5 Å². The number of carbonyl (C=O) groups is 1. The fourth-order valence-corrected chi connectivity index (χ4v) is 3.28. The molecule has 0 bridgehead atoms. The summed E-state index contributed by atoms with van der Waals surface area (Å²) in [5.74, 6) is -3.90. The molecule has 1 amide bonds. The number of nitrogens with zero attached hydrogens (tertiary/aromatic N) is 2. The fraction of sp³-hybridized carbons (Fsp3) is 0.167. The third-order valence-corrected chi connectivity index (χ3v) is 4.95. The van der Waals surface area contributed by atoms with E-state index in [-0.39, 0.29) is 28.9 Å². The highest BCUT2D eigenvalue weighted by Crippen LogP contribution is 2.32. The van der Waals surface area contributed by atoms with Crippen LogP contribution in [0.1, 0.15) is 10.5 Å². The number of amides is 1. The third kappa shape index (κ3) is 4.48. The van der Waals surface area contributed by atoms with Gasteiger partial charge in [-0.05, 0) is 12.1 Å². The number of hydrogen-bond acceptors (Lipinski definition) is 7. The zero-order valence-corrected chi connectivity index (χ0v) is 16.7. The molecule has 0 aliphatic rings. The number of ether oxygens (including phenoxy) is 1. The number of carbonyl (C=O) groups excluding carboxylic acids is 1. The Morgan fingerprint density at radius 3 is 2.60 bits per heavy atom. The number of rotatable bonds is 7. The van der Waals surface area contributed by atoms with Gasteiger partial charge in [-0.2, -0.15) is 4.37 Å². The highest BCUT2D eigenvalue weighted by molar-refractivity contribution is 7.08. The van der Waals surface area contributed by atoms with Gasteiger partial charge in [-0.25, -0.2) is 18.2 Å². The molecule has 158 valence electrons. The van der Waals surface area contributed by atoms with E-state index in [4.69, 9.17) is 27.8 Å². The molecule has 2 heterocycles. The highest BCUT2D eigenvalue weighted by Gasteiger charge is 2.23. The van der Waals surface area contributed by atoms with Gasteiger partial charge in [0.25, 0.3) is 5.91 Å². The zero-order valence-electron chi connectivity index (χ0n) is 15.2. The molecule has 5 N–H and O–H groups in total. The number of halogens is 4. The van der Waals surface area contributed by atoms with E-state index in [1.54, 1.807) is 0 Å². The van der Waals surface area contributed by atoms with Crippen LogP contribution in [0, 0.1) is 17.5 Å². The molecule has 2 aromatic heterocycles. The molecule has 1 unspecified atom stereocenters. The molecular formula is C18H15ClF3N5O2S. The van der Waals surface area contributed by atoms with E-state index in [1.165, 1.54) is 6.20 Å². The van der Waals surface area contributed by atoms with Crippen LogP contribution in [0.5, 0.6) is 5.06 Å². The Balaban J connectivity index is 1.94. The molecule has 0 saturated carbocycles. The molecule has 0 aliphatic carbocycles. The molecule has 3 rings (SSSR count). The van der Waals surface area contributed by atoms with Gasteiger partial charge in [-0.15, -0.1) is 11.6 Å². The van der Waals surface area contributed by atoms with Crippen LogP contribution in [0.4, 0.5) is 24.5 Å². The average molecular weight is 458 g/mol. The van der Waals surface area contributed by atoms with E-state index in [2.05, 4.69) is 14.7 Å². The molecule has 0 saturated heterocycles. The first-order chi connectivity index (χ1) is 14.3. The first-order valence-electron chi connectivity index (χ1n) is 8.44. The molecule has 3 aromatic rings. The molecule has 7 nitrogen and oxygen atoms in total. The molecule has 0 aliphatic heterocycles. The summed E-state index contributed by atoms with van der Waals surface area (Å²) in [5.41, 5.74) is 9.27. The predicted molar refractivity (Wildman–Crippen MR) is 108 cm³/mol. The van der Waals surface area contributed by atoms with Gasteiger partial charge < -0.3 is 21.5 Å². The Labute approximate surface area is 178 Å². The number of benzene rings is 1. The Bertz CT molecular complexity index is 1060. The normalized spacial score (nSPS) is 11.9. The predicted octanol–water partition coefficient (Wildman–Crippen LogP) is 3.40. The monoisotopic (exact) mass is 457 g/mol. The van der Waals surface area contributed by atoms with Crippen molar-refractivity contribution in [2.45, 2.75) is 6.10 Å². The largest absolute Gasteiger partial charge is 0.475 e. The minimum atomic E-state index is -1.08. The number of alkyl halides is 1. The summed E-state index contributed by atoms with van der Waals surface area (Å²) < 4.78 is 52.0.